The number of hydrogen-bond acceptors (Lipinski definition) is 5. The molecule has 1 aromatic rings. The number of sulfone groups is 1. The summed E-state index contributed by atoms with van der Waals surface area (Å²) in [6.45, 7) is 0.840. The average molecular weight is 364 g/mol. The van der Waals surface area contributed by atoms with Crippen LogP contribution < -0.4 is 10.9 Å². The van der Waals surface area contributed by atoms with Crippen molar-refractivity contribution >= 4 is 31.5 Å². The highest BCUT2D eigenvalue weighted by molar-refractivity contribution is 9.10. The van der Waals surface area contributed by atoms with E-state index in [0.717, 1.165) is 12.8 Å². The fraction of sp³-hybridized carbons (Fsp3) is 0.667. The van der Waals surface area contributed by atoms with Gasteiger partial charge in [0.05, 0.1) is 16.4 Å². The lowest BCUT2D eigenvalue weighted by atomic mass is 9.85. The van der Waals surface area contributed by atoms with Gasteiger partial charge < -0.3 is 5.32 Å². The van der Waals surface area contributed by atoms with Crippen molar-refractivity contribution in [3.63, 3.8) is 0 Å². The Hall–Kier alpha value is -0.890. The molecule has 1 aliphatic carbocycles. The van der Waals surface area contributed by atoms with Crippen molar-refractivity contribution in [1.29, 1.82) is 0 Å². The lowest BCUT2D eigenvalue weighted by Gasteiger charge is -2.25. The molecule has 20 heavy (non-hydrogen) atoms. The van der Waals surface area contributed by atoms with E-state index in [1.54, 1.807) is 6.20 Å². The first-order chi connectivity index (χ1) is 9.37. The zero-order chi connectivity index (χ0) is 14.8. The summed E-state index contributed by atoms with van der Waals surface area (Å²) in [5.41, 5.74) is 0.169. The van der Waals surface area contributed by atoms with Gasteiger partial charge in [0.1, 0.15) is 15.5 Å². The van der Waals surface area contributed by atoms with E-state index in [-0.39, 0.29) is 17.9 Å². The maximum atomic E-state index is 12.3. The Morgan fingerprint density at radius 1 is 1.50 bits per heavy atom. The van der Waals surface area contributed by atoms with Gasteiger partial charge in [-0.15, -0.1) is 0 Å². The molecule has 1 aromatic heterocycles. The lowest BCUT2D eigenvalue weighted by molar-refractivity contribution is 0.262. The highest BCUT2D eigenvalue weighted by atomic mass is 79.9. The molecule has 8 heteroatoms. The van der Waals surface area contributed by atoms with Crippen molar-refractivity contribution in [2.24, 2.45) is 5.92 Å². The van der Waals surface area contributed by atoms with Gasteiger partial charge in [0.25, 0.3) is 5.56 Å². The molecule has 0 saturated heterocycles. The second kappa shape index (κ2) is 6.26. The summed E-state index contributed by atoms with van der Waals surface area (Å²) in [7, 11) is -3.05. The van der Waals surface area contributed by atoms with Crippen LogP contribution >= 0.6 is 15.9 Å². The van der Waals surface area contributed by atoms with E-state index >= 15 is 0 Å². The highest BCUT2D eigenvalue weighted by Gasteiger charge is 2.20. The van der Waals surface area contributed by atoms with Crippen LogP contribution in [0.4, 0.5) is 5.69 Å². The van der Waals surface area contributed by atoms with Crippen LogP contribution in [-0.4, -0.2) is 36.8 Å². The molecule has 1 fully saturated rings. The first kappa shape index (κ1) is 15.5. The molecule has 0 atom stereocenters. The first-order valence-corrected chi connectivity index (χ1v) is 9.39. The second-order valence-electron chi connectivity index (χ2n) is 5.21. The largest absolute Gasteiger partial charge is 0.379 e. The Morgan fingerprint density at radius 2 is 2.20 bits per heavy atom. The SMILES string of the molecule is CS(=O)(=O)CCNc1c(Br)cnn(CC2CCC2)c1=O. The van der Waals surface area contributed by atoms with Gasteiger partial charge in [0.15, 0.2) is 0 Å². The Morgan fingerprint density at radius 3 is 2.75 bits per heavy atom. The van der Waals surface area contributed by atoms with Crippen LogP contribution in [0.2, 0.25) is 0 Å². The van der Waals surface area contributed by atoms with Gasteiger partial charge in [-0.2, -0.15) is 5.10 Å². The second-order valence-corrected chi connectivity index (χ2v) is 8.32. The Bertz CT molecular complexity index is 638. The molecule has 0 spiro atoms. The molecule has 2 rings (SSSR count). The third kappa shape index (κ3) is 4.05. The fourth-order valence-corrected chi connectivity index (χ4v) is 2.91. The lowest BCUT2D eigenvalue weighted by Crippen LogP contribution is -2.31. The van der Waals surface area contributed by atoms with Gasteiger partial charge in [-0.1, -0.05) is 6.42 Å². The number of anilines is 1. The third-order valence-electron chi connectivity index (χ3n) is 3.43. The summed E-state index contributed by atoms with van der Waals surface area (Å²) < 4.78 is 24.2. The van der Waals surface area contributed by atoms with E-state index in [0.29, 0.717) is 22.6 Å². The van der Waals surface area contributed by atoms with E-state index in [4.69, 9.17) is 0 Å². The van der Waals surface area contributed by atoms with Crippen molar-refractivity contribution in [2.45, 2.75) is 25.8 Å². The summed E-state index contributed by atoms with van der Waals surface area (Å²) in [4.78, 5) is 12.3. The van der Waals surface area contributed by atoms with E-state index in [1.165, 1.54) is 17.4 Å². The molecular weight excluding hydrogens is 346 g/mol. The van der Waals surface area contributed by atoms with Gasteiger partial charge in [-0.3, -0.25) is 4.79 Å². The van der Waals surface area contributed by atoms with Crippen molar-refractivity contribution in [3.05, 3.63) is 21.0 Å². The van der Waals surface area contributed by atoms with Crippen LogP contribution in [0.5, 0.6) is 0 Å². The van der Waals surface area contributed by atoms with Gasteiger partial charge in [0, 0.05) is 19.3 Å². The first-order valence-electron chi connectivity index (χ1n) is 6.54. The van der Waals surface area contributed by atoms with Crippen LogP contribution in [0.25, 0.3) is 0 Å². The maximum absolute atomic E-state index is 12.3. The van der Waals surface area contributed by atoms with Crippen LogP contribution in [0, 0.1) is 5.92 Å². The quantitative estimate of drug-likeness (QED) is 0.822. The number of halogens is 1. The maximum Gasteiger partial charge on any atom is 0.291 e. The molecule has 6 nitrogen and oxygen atoms in total. The molecule has 0 bridgehead atoms. The molecule has 1 saturated carbocycles. The zero-order valence-corrected chi connectivity index (χ0v) is 13.7. The fourth-order valence-electron chi connectivity index (χ4n) is 2.04. The van der Waals surface area contributed by atoms with Gasteiger partial charge >= 0.3 is 0 Å². The van der Waals surface area contributed by atoms with E-state index in [1.807, 2.05) is 0 Å². The molecule has 112 valence electrons. The van der Waals surface area contributed by atoms with Crippen LogP contribution in [0.3, 0.4) is 0 Å². The molecule has 1 aliphatic rings. The molecule has 0 aromatic carbocycles. The van der Waals surface area contributed by atoms with E-state index < -0.39 is 9.84 Å². The topological polar surface area (TPSA) is 81.1 Å². The van der Waals surface area contributed by atoms with E-state index in [9.17, 15) is 13.2 Å². The third-order valence-corrected chi connectivity index (χ3v) is 4.98. The van der Waals surface area contributed by atoms with Crippen molar-refractivity contribution in [3.8, 4) is 0 Å². The number of hydrogen-bond donors (Lipinski definition) is 1. The van der Waals surface area contributed by atoms with Crippen LogP contribution in [0.1, 0.15) is 19.3 Å². The summed E-state index contributed by atoms with van der Waals surface area (Å²) in [6, 6.07) is 0. The van der Waals surface area contributed by atoms with Gasteiger partial charge in [-0.05, 0) is 34.7 Å². The molecule has 1 heterocycles. The van der Waals surface area contributed by atoms with Crippen LogP contribution in [-0.2, 0) is 16.4 Å². The Kier molecular flexibility index (Phi) is 4.85. The minimum Gasteiger partial charge on any atom is -0.379 e. The molecule has 0 radical (unpaired) electrons. The number of nitrogens with zero attached hydrogens (tertiary/aromatic N) is 2. The number of nitrogens with one attached hydrogen (secondary N) is 1. The summed E-state index contributed by atoms with van der Waals surface area (Å²) in [6.07, 6.45) is 6.24. The van der Waals surface area contributed by atoms with Crippen LogP contribution in [0.15, 0.2) is 15.5 Å². The highest BCUT2D eigenvalue weighted by Crippen LogP contribution is 2.27. The Labute approximate surface area is 126 Å². The predicted octanol–water partition coefficient (Wildman–Crippen LogP) is 1.26. The average Bonchev–Trinajstić information content (AvgIpc) is 2.29. The van der Waals surface area contributed by atoms with E-state index in [2.05, 4.69) is 26.3 Å². The summed E-state index contributed by atoms with van der Waals surface area (Å²) in [5.74, 6) is 0.523. The number of aromatic nitrogens is 2. The summed E-state index contributed by atoms with van der Waals surface area (Å²) in [5, 5.41) is 7.00. The number of rotatable bonds is 6. The Balaban J connectivity index is 2.10. The normalized spacial score (nSPS) is 15.9. The molecule has 0 unspecified atom stereocenters. The summed E-state index contributed by atoms with van der Waals surface area (Å²) >= 11 is 3.27. The standard InChI is InChI=1S/C12H18BrN3O3S/c1-20(18,19)6-5-14-11-10(13)7-15-16(12(11)17)8-9-3-2-4-9/h7,9,14H,2-6,8H2,1H3. The monoisotopic (exact) mass is 363 g/mol. The predicted molar refractivity (Wildman–Crippen MR) is 81.7 cm³/mol. The molecule has 0 aliphatic heterocycles. The van der Waals surface area contributed by atoms with Gasteiger partial charge in [-0.25, -0.2) is 13.1 Å². The van der Waals surface area contributed by atoms with Crippen molar-refractivity contribution in [1.82, 2.24) is 9.78 Å². The minimum absolute atomic E-state index is 0.0101. The molecular formula is C12H18BrN3O3S. The van der Waals surface area contributed by atoms with Gasteiger partial charge in [0.2, 0.25) is 0 Å². The smallest absolute Gasteiger partial charge is 0.291 e. The minimum atomic E-state index is -3.05. The zero-order valence-electron chi connectivity index (χ0n) is 11.3. The van der Waals surface area contributed by atoms with Crippen molar-refractivity contribution < 1.29 is 8.42 Å². The molecule has 1 N–H and O–H groups in total. The van der Waals surface area contributed by atoms with Crippen molar-refractivity contribution in [2.75, 3.05) is 23.9 Å². The molecule has 0 amide bonds.